The maximum absolute atomic E-state index is 11.5. The summed E-state index contributed by atoms with van der Waals surface area (Å²) < 4.78 is 9.59. The van der Waals surface area contributed by atoms with Crippen LogP contribution in [0.2, 0.25) is 0 Å². The summed E-state index contributed by atoms with van der Waals surface area (Å²) in [6.07, 6.45) is -0.985. The lowest BCUT2D eigenvalue weighted by molar-refractivity contribution is -0.162. The lowest BCUT2D eigenvalue weighted by Crippen LogP contribution is -2.39. The second-order valence-corrected chi connectivity index (χ2v) is 5.40. The SMILES string of the molecule is CC(C)C[C@H](N)C(=O)OC(CO)COC(=O)CN.CC(O)CO. The fraction of sp³-hybridized carbons (Fsp3) is 0.857. The van der Waals surface area contributed by atoms with Crippen molar-refractivity contribution in [1.29, 1.82) is 0 Å². The summed E-state index contributed by atoms with van der Waals surface area (Å²) in [7, 11) is 0. The standard InChI is InChI=1S/C11H22N2O5.C3H8O2/c1-7(2)3-9(13)11(16)18-8(5-14)6-17-10(15)4-12;1-3(5)2-4/h7-9,14H,3-6,12-13H2,1-2H3;3-5H,2H2,1H3/t8?,9-;/m0./s1. The van der Waals surface area contributed by atoms with E-state index >= 15 is 0 Å². The molecule has 0 bridgehead atoms. The molecule has 0 amide bonds. The van der Waals surface area contributed by atoms with Crippen LogP contribution in [0.1, 0.15) is 27.2 Å². The molecular weight excluding hydrogens is 308 g/mol. The van der Waals surface area contributed by atoms with Gasteiger partial charge in [-0.15, -0.1) is 0 Å². The van der Waals surface area contributed by atoms with E-state index in [1.54, 1.807) is 0 Å². The molecule has 3 atom stereocenters. The number of aliphatic hydroxyl groups is 3. The summed E-state index contributed by atoms with van der Waals surface area (Å²) in [4.78, 5) is 22.3. The normalized spacial score (nSPS) is 14.3. The van der Waals surface area contributed by atoms with Crippen molar-refractivity contribution in [3.63, 3.8) is 0 Å². The van der Waals surface area contributed by atoms with E-state index in [1.165, 1.54) is 6.92 Å². The molecule has 0 aromatic heterocycles. The maximum Gasteiger partial charge on any atom is 0.323 e. The Hall–Kier alpha value is -1.26. The molecular formula is C14H30N2O7. The molecule has 0 spiro atoms. The molecule has 0 saturated heterocycles. The van der Waals surface area contributed by atoms with Crippen molar-refractivity contribution in [2.45, 2.75) is 45.4 Å². The minimum atomic E-state index is -0.911. The summed E-state index contributed by atoms with van der Waals surface area (Å²) >= 11 is 0. The van der Waals surface area contributed by atoms with Gasteiger partial charge in [0.2, 0.25) is 0 Å². The summed E-state index contributed by atoms with van der Waals surface area (Å²) in [5.74, 6) is -0.988. The van der Waals surface area contributed by atoms with Gasteiger partial charge in [-0.2, -0.15) is 0 Å². The highest BCUT2D eigenvalue weighted by Gasteiger charge is 2.21. The first kappa shape index (κ1) is 24.0. The van der Waals surface area contributed by atoms with E-state index in [0.717, 1.165) is 0 Å². The molecule has 0 fully saturated rings. The molecule has 23 heavy (non-hydrogen) atoms. The predicted molar refractivity (Wildman–Crippen MR) is 83.2 cm³/mol. The molecule has 0 radical (unpaired) electrons. The fourth-order valence-corrected chi connectivity index (χ4v) is 1.22. The summed E-state index contributed by atoms with van der Waals surface area (Å²) in [6.45, 7) is 4.31. The quantitative estimate of drug-likeness (QED) is 0.303. The third-order valence-electron chi connectivity index (χ3n) is 2.38. The third kappa shape index (κ3) is 15.4. The average molecular weight is 338 g/mol. The Morgan fingerprint density at radius 3 is 2.00 bits per heavy atom. The number of nitrogens with two attached hydrogens (primary N) is 2. The number of rotatable bonds is 9. The van der Waals surface area contributed by atoms with E-state index in [0.29, 0.717) is 6.42 Å². The second-order valence-electron chi connectivity index (χ2n) is 5.40. The fourth-order valence-electron chi connectivity index (χ4n) is 1.22. The van der Waals surface area contributed by atoms with Crippen molar-refractivity contribution < 1.29 is 34.4 Å². The number of hydrogen-bond acceptors (Lipinski definition) is 9. The zero-order chi connectivity index (χ0) is 18.4. The first-order valence-corrected chi connectivity index (χ1v) is 7.39. The van der Waals surface area contributed by atoms with E-state index in [2.05, 4.69) is 4.74 Å². The van der Waals surface area contributed by atoms with Gasteiger partial charge in [-0.1, -0.05) is 13.8 Å². The Bertz CT molecular complexity index is 324. The van der Waals surface area contributed by atoms with Crippen LogP contribution in [-0.4, -0.2) is 71.9 Å². The minimum absolute atomic E-state index is 0.139. The van der Waals surface area contributed by atoms with E-state index in [9.17, 15) is 9.59 Å². The van der Waals surface area contributed by atoms with Crippen molar-refractivity contribution >= 4 is 11.9 Å². The van der Waals surface area contributed by atoms with E-state index in [1.807, 2.05) is 13.8 Å². The van der Waals surface area contributed by atoms with Crippen LogP contribution in [0.4, 0.5) is 0 Å². The average Bonchev–Trinajstić information content (AvgIpc) is 2.50. The van der Waals surface area contributed by atoms with Gasteiger partial charge in [0.1, 0.15) is 12.6 Å². The van der Waals surface area contributed by atoms with Crippen LogP contribution in [0.15, 0.2) is 0 Å². The maximum atomic E-state index is 11.5. The zero-order valence-electron chi connectivity index (χ0n) is 14.0. The largest absolute Gasteiger partial charge is 0.461 e. The van der Waals surface area contributed by atoms with Crippen molar-refractivity contribution in [3.05, 3.63) is 0 Å². The highest BCUT2D eigenvalue weighted by atomic mass is 16.6. The Balaban J connectivity index is 0. The first-order valence-electron chi connectivity index (χ1n) is 7.39. The summed E-state index contributed by atoms with van der Waals surface area (Å²) in [5, 5.41) is 25.0. The molecule has 0 aliphatic rings. The minimum Gasteiger partial charge on any atom is -0.461 e. The van der Waals surface area contributed by atoms with E-state index < -0.39 is 36.8 Å². The van der Waals surface area contributed by atoms with Crippen molar-refractivity contribution in [3.8, 4) is 0 Å². The number of carbonyl (C=O) groups is 2. The lowest BCUT2D eigenvalue weighted by atomic mass is 10.1. The topological polar surface area (TPSA) is 165 Å². The van der Waals surface area contributed by atoms with Crippen LogP contribution in [0.3, 0.4) is 0 Å². The van der Waals surface area contributed by atoms with Crippen LogP contribution in [-0.2, 0) is 19.1 Å². The van der Waals surface area contributed by atoms with Gasteiger partial charge in [-0.25, -0.2) is 0 Å². The van der Waals surface area contributed by atoms with Gasteiger partial charge in [-0.3, -0.25) is 9.59 Å². The second kappa shape index (κ2) is 14.3. The van der Waals surface area contributed by atoms with Gasteiger partial charge >= 0.3 is 11.9 Å². The van der Waals surface area contributed by atoms with Gasteiger partial charge in [0.05, 0.1) is 25.9 Å². The van der Waals surface area contributed by atoms with Gasteiger partial charge in [0, 0.05) is 0 Å². The molecule has 0 aliphatic carbocycles. The molecule has 9 heteroatoms. The molecule has 0 aromatic rings. The monoisotopic (exact) mass is 338 g/mol. The van der Waals surface area contributed by atoms with Crippen LogP contribution >= 0.6 is 0 Å². The third-order valence-corrected chi connectivity index (χ3v) is 2.38. The molecule has 0 heterocycles. The number of hydrogen-bond donors (Lipinski definition) is 5. The number of aliphatic hydroxyl groups excluding tert-OH is 3. The first-order chi connectivity index (χ1) is 10.7. The summed E-state index contributed by atoms with van der Waals surface area (Å²) in [5.41, 5.74) is 10.7. The molecule has 0 rings (SSSR count). The molecule has 9 nitrogen and oxygen atoms in total. The summed E-state index contributed by atoms with van der Waals surface area (Å²) in [6, 6.07) is -0.746. The van der Waals surface area contributed by atoms with Crippen LogP contribution < -0.4 is 11.5 Å². The van der Waals surface area contributed by atoms with Gasteiger partial charge in [-0.05, 0) is 19.3 Å². The number of esters is 2. The molecule has 0 aromatic carbocycles. The van der Waals surface area contributed by atoms with Crippen molar-refractivity contribution in [2.75, 3.05) is 26.4 Å². The van der Waals surface area contributed by atoms with E-state index in [-0.39, 0.29) is 25.7 Å². The molecule has 0 saturated carbocycles. The van der Waals surface area contributed by atoms with Crippen molar-refractivity contribution in [1.82, 2.24) is 0 Å². The molecule has 0 aliphatic heterocycles. The van der Waals surface area contributed by atoms with Gasteiger partial charge in [0.25, 0.3) is 0 Å². The Morgan fingerprint density at radius 1 is 1.13 bits per heavy atom. The van der Waals surface area contributed by atoms with Gasteiger partial charge < -0.3 is 36.3 Å². The van der Waals surface area contributed by atoms with Crippen LogP contribution in [0.25, 0.3) is 0 Å². The van der Waals surface area contributed by atoms with Crippen LogP contribution in [0.5, 0.6) is 0 Å². The van der Waals surface area contributed by atoms with Crippen LogP contribution in [0, 0.1) is 5.92 Å². The predicted octanol–water partition coefficient (Wildman–Crippen LogP) is -1.87. The zero-order valence-corrected chi connectivity index (χ0v) is 14.0. The lowest BCUT2D eigenvalue weighted by Gasteiger charge is -2.19. The molecule has 138 valence electrons. The number of carbonyl (C=O) groups excluding carboxylic acids is 2. The Morgan fingerprint density at radius 2 is 1.65 bits per heavy atom. The van der Waals surface area contributed by atoms with Gasteiger partial charge in [0.15, 0.2) is 6.10 Å². The highest BCUT2D eigenvalue weighted by Crippen LogP contribution is 2.05. The molecule has 7 N–H and O–H groups in total. The smallest absolute Gasteiger partial charge is 0.323 e. The Labute approximate surface area is 136 Å². The highest BCUT2D eigenvalue weighted by molar-refractivity contribution is 5.75. The molecule has 2 unspecified atom stereocenters. The Kier molecular flexibility index (Phi) is 15.0. The number of ether oxygens (including phenoxy) is 2. The van der Waals surface area contributed by atoms with Crippen molar-refractivity contribution in [2.24, 2.45) is 17.4 Å². The van der Waals surface area contributed by atoms with E-state index in [4.69, 9.17) is 31.5 Å².